The zero-order valence-electron chi connectivity index (χ0n) is 17.8. The first kappa shape index (κ1) is 23.9. The number of pyridine rings is 1. The molecule has 0 aliphatic carbocycles. The van der Waals surface area contributed by atoms with Crippen molar-refractivity contribution in [1.29, 1.82) is 0 Å². The molecule has 2 nitrogen and oxygen atoms in total. The molecule has 2 aromatic carbocycles. The molecule has 3 aromatic rings. The van der Waals surface area contributed by atoms with Gasteiger partial charge in [0.1, 0.15) is 5.75 Å². The Morgan fingerprint density at radius 1 is 0.875 bits per heavy atom. The molecule has 1 aromatic heterocycles. The molecular weight excluding hydrogens is 432 g/mol. The van der Waals surface area contributed by atoms with Crippen LogP contribution in [0.1, 0.15) is 38.3 Å². The van der Waals surface area contributed by atoms with Gasteiger partial charge in [0.05, 0.1) is 23.3 Å². The van der Waals surface area contributed by atoms with Crippen molar-refractivity contribution in [2.45, 2.75) is 39.5 Å². The van der Waals surface area contributed by atoms with Gasteiger partial charge in [0.25, 0.3) is 0 Å². The van der Waals surface area contributed by atoms with Crippen LogP contribution in [0.3, 0.4) is 0 Å². The van der Waals surface area contributed by atoms with Crippen LogP contribution in [0.2, 0.25) is 0 Å². The lowest BCUT2D eigenvalue weighted by Gasteiger charge is -2.19. The van der Waals surface area contributed by atoms with E-state index in [1.807, 2.05) is 20.8 Å². The number of aromatic nitrogens is 1. The normalized spacial score (nSPS) is 13.6. The van der Waals surface area contributed by atoms with Crippen molar-refractivity contribution in [3.63, 3.8) is 0 Å². The summed E-state index contributed by atoms with van der Waals surface area (Å²) >= 11 is 0. The van der Waals surface area contributed by atoms with Gasteiger partial charge in [-0.25, -0.2) is 0 Å². The molecule has 0 amide bonds. The zero-order chi connectivity index (χ0) is 23.7. The van der Waals surface area contributed by atoms with E-state index in [0.717, 1.165) is 24.6 Å². The summed E-state index contributed by atoms with van der Waals surface area (Å²) in [6.07, 6.45) is -7.09. The maximum atomic E-state index is 13.8. The van der Waals surface area contributed by atoms with E-state index >= 15 is 0 Å². The summed E-state index contributed by atoms with van der Waals surface area (Å²) in [6.45, 7) is 6.13. The molecule has 0 saturated carbocycles. The largest absolute Gasteiger partial charge is 0.493 e. The topological polar surface area (TPSA) is 22.1 Å². The van der Waals surface area contributed by atoms with Gasteiger partial charge in [-0.1, -0.05) is 32.9 Å². The Bertz CT molecular complexity index is 1090. The van der Waals surface area contributed by atoms with E-state index in [9.17, 15) is 26.3 Å². The molecule has 0 fully saturated rings. The third kappa shape index (κ3) is 5.53. The summed E-state index contributed by atoms with van der Waals surface area (Å²) in [6, 6.07) is 8.20. The van der Waals surface area contributed by atoms with Crippen molar-refractivity contribution in [2.24, 2.45) is 11.8 Å². The van der Waals surface area contributed by atoms with Crippen LogP contribution in [0, 0.1) is 11.8 Å². The average molecular weight is 455 g/mol. The quantitative estimate of drug-likeness (QED) is 0.351. The maximum Gasteiger partial charge on any atom is 0.419 e. The number of nitrogens with zero attached hydrogens (tertiary/aromatic N) is 1. The van der Waals surface area contributed by atoms with E-state index in [2.05, 4.69) is 4.98 Å². The second-order valence-corrected chi connectivity index (χ2v) is 8.34. The molecular formula is C24H23F6NO. The Kier molecular flexibility index (Phi) is 6.72. The summed E-state index contributed by atoms with van der Waals surface area (Å²) in [4.78, 5) is 3.96. The summed E-state index contributed by atoms with van der Waals surface area (Å²) in [7, 11) is 0. The van der Waals surface area contributed by atoms with Crippen LogP contribution in [-0.4, -0.2) is 11.6 Å². The van der Waals surface area contributed by atoms with Gasteiger partial charge in [-0.3, -0.25) is 4.98 Å². The predicted octanol–water partition coefficient (Wildman–Crippen LogP) is 8.00. The van der Waals surface area contributed by atoms with Crippen molar-refractivity contribution in [2.75, 3.05) is 6.61 Å². The molecule has 0 N–H and O–H groups in total. The van der Waals surface area contributed by atoms with Crippen molar-refractivity contribution in [3.05, 3.63) is 59.8 Å². The number of fused-ring (bicyclic) bond motifs is 1. The number of alkyl halides is 6. The van der Waals surface area contributed by atoms with E-state index in [-0.39, 0.29) is 29.4 Å². The molecule has 3 rings (SSSR count). The van der Waals surface area contributed by atoms with Crippen LogP contribution >= 0.6 is 0 Å². The van der Waals surface area contributed by atoms with Crippen LogP contribution in [0.5, 0.6) is 5.75 Å². The van der Waals surface area contributed by atoms with Crippen LogP contribution < -0.4 is 4.74 Å². The van der Waals surface area contributed by atoms with E-state index < -0.39 is 23.5 Å². The number of ether oxygens (including phenoxy) is 1. The summed E-state index contributed by atoms with van der Waals surface area (Å²) in [5.41, 5.74) is -1.18. The molecule has 0 aliphatic heterocycles. The van der Waals surface area contributed by atoms with Crippen molar-refractivity contribution < 1.29 is 31.1 Å². The Labute approximate surface area is 182 Å². The standard InChI is InChI=1S/C24H23F6NO/c1-14(2)10-15(3)13-32-22-7-4-16(11-20(22)24(28,29)30)18-8-9-31-21-12-17(23(25,26)27)5-6-19(18)21/h4-9,11-12,14-15H,10,13H2,1-3H3/t15-/m1/s1. The lowest BCUT2D eigenvalue weighted by atomic mass is 9.97. The second kappa shape index (κ2) is 9.00. The number of hydrogen-bond acceptors (Lipinski definition) is 2. The molecule has 32 heavy (non-hydrogen) atoms. The van der Waals surface area contributed by atoms with Gasteiger partial charge in [0.15, 0.2) is 0 Å². The monoisotopic (exact) mass is 455 g/mol. The smallest absolute Gasteiger partial charge is 0.419 e. The minimum absolute atomic E-state index is 0.0497. The van der Waals surface area contributed by atoms with Gasteiger partial charge in [-0.05, 0) is 59.7 Å². The third-order valence-corrected chi connectivity index (χ3v) is 5.06. The molecule has 0 spiro atoms. The molecule has 0 unspecified atom stereocenters. The molecule has 0 aliphatic rings. The minimum Gasteiger partial charge on any atom is -0.493 e. The van der Waals surface area contributed by atoms with Gasteiger partial charge >= 0.3 is 12.4 Å². The molecule has 172 valence electrons. The molecule has 0 bridgehead atoms. The maximum absolute atomic E-state index is 13.8. The first-order valence-corrected chi connectivity index (χ1v) is 10.2. The van der Waals surface area contributed by atoms with Crippen LogP contribution in [0.15, 0.2) is 48.7 Å². The fourth-order valence-corrected chi connectivity index (χ4v) is 3.73. The van der Waals surface area contributed by atoms with Crippen LogP contribution in [0.4, 0.5) is 26.3 Å². The van der Waals surface area contributed by atoms with Gasteiger partial charge in [-0.15, -0.1) is 0 Å². The van der Waals surface area contributed by atoms with Crippen molar-refractivity contribution in [1.82, 2.24) is 4.98 Å². The van der Waals surface area contributed by atoms with E-state index in [0.29, 0.717) is 16.9 Å². The highest BCUT2D eigenvalue weighted by atomic mass is 19.4. The number of hydrogen-bond donors (Lipinski definition) is 0. The highest BCUT2D eigenvalue weighted by Gasteiger charge is 2.35. The van der Waals surface area contributed by atoms with E-state index in [1.54, 1.807) is 0 Å². The SMILES string of the molecule is CC(C)C[C@@H](C)COc1ccc(-c2ccnc3cc(C(F)(F)F)ccc23)cc1C(F)(F)F. The van der Waals surface area contributed by atoms with Crippen molar-refractivity contribution >= 4 is 10.9 Å². The summed E-state index contributed by atoms with van der Waals surface area (Å²) < 4.78 is 85.8. The minimum atomic E-state index is -4.65. The van der Waals surface area contributed by atoms with Gasteiger partial charge in [0.2, 0.25) is 0 Å². The van der Waals surface area contributed by atoms with Crippen LogP contribution in [0.25, 0.3) is 22.0 Å². The number of halogens is 6. The fraction of sp³-hybridized carbons (Fsp3) is 0.375. The average Bonchev–Trinajstić information content (AvgIpc) is 2.69. The lowest BCUT2D eigenvalue weighted by Crippen LogP contribution is -2.14. The van der Waals surface area contributed by atoms with Gasteiger partial charge < -0.3 is 4.74 Å². The highest BCUT2D eigenvalue weighted by Crippen LogP contribution is 2.40. The number of benzene rings is 2. The molecule has 1 heterocycles. The predicted molar refractivity (Wildman–Crippen MR) is 111 cm³/mol. The number of rotatable bonds is 6. The van der Waals surface area contributed by atoms with Crippen molar-refractivity contribution in [3.8, 4) is 16.9 Å². The molecule has 8 heteroatoms. The zero-order valence-corrected chi connectivity index (χ0v) is 17.8. The molecule has 0 saturated heterocycles. The fourth-order valence-electron chi connectivity index (χ4n) is 3.73. The first-order chi connectivity index (χ1) is 14.9. The third-order valence-electron chi connectivity index (χ3n) is 5.06. The van der Waals surface area contributed by atoms with Crippen LogP contribution in [-0.2, 0) is 12.4 Å². The summed E-state index contributed by atoms with van der Waals surface area (Å²) in [5.74, 6) is 0.216. The Morgan fingerprint density at radius 3 is 2.22 bits per heavy atom. The Balaban J connectivity index is 2.01. The van der Waals surface area contributed by atoms with Gasteiger partial charge in [0, 0.05) is 11.6 Å². The van der Waals surface area contributed by atoms with Gasteiger partial charge in [-0.2, -0.15) is 26.3 Å². The van der Waals surface area contributed by atoms with E-state index in [1.165, 1.54) is 30.5 Å². The lowest BCUT2D eigenvalue weighted by molar-refractivity contribution is -0.139. The summed E-state index contributed by atoms with van der Waals surface area (Å²) in [5, 5.41) is 0.327. The Hall–Kier alpha value is -2.77. The first-order valence-electron chi connectivity index (χ1n) is 10.2. The Morgan fingerprint density at radius 2 is 1.59 bits per heavy atom. The highest BCUT2D eigenvalue weighted by molar-refractivity contribution is 5.94. The van der Waals surface area contributed by atoms with E-state index in [4.69, 9.17) is 4.74 Å². The molecule has 0 radical (unpaired) electrons. The molecule has 1 atom stereocenters. The second-order valence-electron chi connectivity index (χ2n) is 8.34.